The smallest absolute Gasteiger partial charge is 0.412 e. The number of esters is 1. The Balaban J connectivity index is 0.00000233. The number of anilines is 2. The molecule has 1 aromatic carbocycles. The van der Waals surface area contributed by atoms with E-state index in [1.54, 1.807) is 24.3 Å². The summed E-state index contributed by atoms with van der Waals surface area (Å²) in [5, 5.41) is 13.1. The number of hydrogen-bond acceptors (Lipinski definition) is 8. The lowest BCUT2D eigenvalue weighted by Crippen LogP contribution is -2.14. The molecule has 0 radical (unpaired) electrons. The fourth-order valence-corrected chi connectivity index (χ4v) is 2.13. The Bertz CT molecular complexity index is 930. The summed E-state index contributed by atoms with van der Waals surface area (Å²) < 4.78 is 9.88. The topological polar surface area (TPSA) is 131 Å². The Morgan fingerprint density at radius 2 is 1.68 bits per heavy atom. The number of ether oxygens (including phenoxy) is 2. The van der Waals surface area contributed by atoms with E-state index in [-0.39, 0.29) is 41.4 Å². The number of methoxy groups -OCH3 is 1. The maximum absolute atomic E-state index is 11.8. The van der Waals surface area contributed by atoms with Crippen LogP contribution in [0.5, 0.6) is 5.75 Å². The molecule has 0 aliphatic rings. The summed E-state index contributed by atoms with van der Waals surface area (Å²) in [6.07, 6.45) is 0.188. The Labute approximate surface area is 181 Å². The lowest BCUT2D eigenvalue weighted by molar-refractivity contribution is -0.134. The average molecular weight is 429 g/mol. The van der Waals surface area contributed by atoms with E-state index in [0.717, 1.165) is 0 Å². The molecule has 0 saturated carbocycles. The van der Waals surface area contributed by atoms with E-state index in [0.29, 0.717) is 12.1 Å². The summed E-state index contributed by atoms with van der Waals surface area (Å²) in [4.78, 5) is 38.7. The van der Waals surface area contributed by atoms with Crippen LogP contribution in [0.2, 0.25) is 0 Å². The van der Waals surface area contributed by atoms with E-state index < -0.39 is 6.09 Å². The molecule has 10 nitrogen and oxygen atoms in total. The van der Waals surface area contributed by atoms with Crippen LogP contribution in [0.1, 0.15) is 40.5 Å². The molecular weight excluding hydrogens is 402 g/mol. The second-order valence-electron chi connectivity index (χ2n) is 5.75. The van der Waals surface area contributed by atoms with Gasteiger partial charge in [0.15, 0.2) is 11.6 Å². The van der Waals surface area contributed by atoms with Crippen molar-refractivity contribution in [3.8, 4) is 5.75 Å². The van der Waals surface area contributed by atoms with E-state index in [1.807, 2.05) is 20.8 Å². The summed E-state index contributed by atoms with van der Waals surface area (Å²) in [5.41, 5.74) is 0.533. The van der Waals surface area contributed by atoms with Gasteiger partial charge in [0.2, 0.25) is 5.91 Å². The van der Waals surface area contributed by atoms with Crippen LogP contribution in [0.4, 0.5) is 27.8 Å². The largest absolute Gasteiger partial charge is 0.453 e. The van der Waals surface area contributed by atoms with Crippen LogP contribution in [0.3, 0.4) is 0 Å². The first-order valence-electron chi connectivity index (χ1n) is 9.78. The van der Waals surface area contributed by atoms with Gasteiger partial charge in [0.05, 0.1) is 7.11 Å². The third kappa shape index (κ3) is 8.60. The third-order valence-corrected chi connectivity index (χ3v) is 3.39. The predicted octanol–water partition coefficient (Wildman–Crippen LogP) is 5.37. The second kappa shape index (κ2) is 13.4. The number of nitrogens with zero attached hydrogens (tertiary/aromatic N) is 3. The van der Waals surface area contributed by atoms with Crippen LogP contribution in [0, 0.1) is 0 Å². The highest BCUT2D eigenvalue weighted by Crippen LogP contribution is 2.31. The molecule has 1 aromatic heterocycles. The molecule has 0 bridgehead atoms. The van der Waals surface area contributed by atoms with E-state index in [1.165, 1.54) is 26.2 Å². The van der Waals surface area contributed by atoms with Gasteiger partial charge in [-0.1, -0.05) is 32.9 Å². The van der Waals surface area contributed by atoms with Gasteiger partial charge in [0.1, 0.15) is 17.2 Å². The molecular formula is C21H27N5O5. The highest BCUT2D eigenvalue weighted by Gasteiger charge is 2.12. The number of amides is 2. The number of nitrogens with one attached hydrogen (secondary N) is 2. The van der Waals surface area contributed by atoms with Gasteiger partial charge in [-0.25, -0.2) is 9.78 Å². The quantitative estimate of drug-likeness (QED) is 0.346. The molecule has 0 atom stereocenters. The maximum atomic E-state index is 11.8. The minimum Gasteiger partial charge on any atom is -0.453 e. The number of hydrogen-bond donors (Lipinski definition) is 2. The minimum atomic E-state index is -0.761. The van der Waals surface area contributed by atoms with Gasteiger partial charge in [-0.05, 0) is 30.7 Å². The molecule has 166 valence electrons. The fraction of sp³-hybridized carbons (Fsp3) is 0.333. The highest BCUT2D eigenvalue weighted by molar-refractivity contribution is 5.90. The van der Waals surface area contributed by atoms with Crippen molar-refractivity contribution >= 4 is 41.0 Å². The Morgan fingerprint density at radius 1 is 1.00 bits per heavy atom. The van der Waals surface area contributed by atoms with Crippen molar-refractivity contribution in [2.75, 3.05) is 17.7 Å². The molecule has 0 aliphatic carbocycles. The zero-order valence-electron chi connectivity index (χ0n) is 18.3. The summed E-state index contributed by atoms with van der Waals surface area (Å²) in [6.45, 7) is 7.21. The molecule has 0 saturated heterocycles. The monoisotopic (exact) mass is 429 g/mol. The second-order valence-corrected chi connectivity index (χ2v) is 5.75. The van der Waals surface area contributed by atoms with Gasteiger partial charge in [-0.2, -0.15) is 0 Å². The van der Waals surface area contributed by atoms with E-state index in [9.17, 15) is 14.4 Å². The zero-order valence-corrected chi connectivity index (χ0v) is 18.3. The van der Waals surface area contributed by atoms with Crippen LogP contribution in [0.15, 0.2) is 46.6 Å². The zero-order chi connectivity index (χ0) is 23.2. The van der Waals surface area contributed by atoms with Crippen LogP contribution in [-0.2, 0) is 14.3 Å². The summed E-state index contributed by atoms with van der Waals surface area (Å²) in [6, 6.07) is 9.68. The van der Waals surface area contributed by atoms with Gasteiger partial charge in [0.25, 0.3) is 0 Å². The number of rotatable bonds is 7. The molecule has 0 fully saturated rings. The lowest BCUT2D eigenvalue weighted by Gasteiger charge is -2.09. The maximum Gasteiger partial charge on any atom is 0.412 e. The molecule has 0 spiro atoms. The van der Waals surface area contributed by atoms with Crippen LogP contribution >= 0.6 is 0 Å². The summed E-state index contributed by atoms with van der Waals surface area (Å²) >= 11 is 0. The van der Waals surface area contributed by atoms with Crippen molar-refractivity contribution in [3.63, 3.8) is 0 Å². The number of carbonyl (C=O) groups is 3. The Kier molecular flexibility index (Phi) is 10.9. The molecule has 2 N–H and O–H groups in total. The fourth-order valence-electron chi connectivity index (χ4n) is 2.13. The van der Waals surface area contributed by atoms with Gasteiger partial charge in [-0.15, -0.1) is 10.2 Å². The van der Waals surface area contributed by atoms with Gasteiger partial charge in [-0.3, -0.25) is 14.9 Å². The average Bonchev–Trinajstić information content (AvgIpc) is 2.75. The highest BCUT2D eigenvalue weighted by atomic mass is 16.5. The Morgan fingerprint density at radius 3 is 2.32 bits per heavy atom. The first kappa shape index (κ1) is 25.2. The number of pyridine rings is 1. The normalized spacial score (nSPS) is 9.97. The molecule has 0 unspecified atom stereocenters. The molecule has 31 heavy (non-hydrogen) atoms. The number of azo groups is 1. The molecule has 1 heterocycles. The molecule has 0 aliphatic heterocycles. The van der Waals surface area contributed by atoms with Crippen molar-refractivity contribution in [2.45, 2.75) is 40.5 Å². The number of carbonyl (C=O) groups excluding carboxylic acids is 3. The number of aromatic nitrogens is 1. The third-order valence-electron chi connectivity index (χ3n) is 3.39. The standard InChI is InChI=1S/C19H21N5O5.C2H6/c1-4-7-17(26)29-15-9-6-5-8-13(15)23-24-14-10-11-16(20-12(2)25)21-18(14)22-19(27)28-3;1-2/h5-6,8-11H,4,7H2,1-3H3,(H2,20,21,22,25,27);1-2H3. The molecule has 2 aromatic rings. The molecule has 10 heteroatoms. The summed E-state index contributed by atoms with van der Waals surface area (Å²) in [7, 11) is 1.20. The van der Waals surface area contributed by atoms with Gasteiger partial charge >= 0.3 is 12.1 Å². The lowest BCUT2D eigenvalue weighted by atomic mass is 10.3. The number of benzene rings is 1. The number of para-hydroxylation sites is 1. The minimum absolute atomic E-state index is 0.0345. The first-order valence-corrected chi connectivity index (χ1v) is 9.78. The first-order chi connectivity index (χ1) is 14.9. The van der Waals surface area contributed by atoms with Crippen LogP contribution < -0.4 is 15.4 Å². The molecule has 2 rings (SSSR count). The summed E-state index contributed by atoms with van der Waals surface area (Å²) in [5.74, 6) is -0.174. The van der Waals surface area contributed by atoms with Crippen molar-refractivity contribution in [2.24, 2.45) is 10.2 Å². The van der Waals surface area contributed by atoms with Gasteiger partial charge in [0, 0.05) is 13.3 Å². The van der Waals surface area contributed by atoms with Crippen molar-refractivity contribution < 1.29 is 23.9 Å². The van der Waals surface area contributed by atoms with Crippen molar-refractivity contribution in [1.82, 2.24) is 4.98 Å². The van der Waals surface area contributed by atoms with Crippen LogP contribution in [-0.4, -0.2) is 30.1 Å². The van der Waals surface area contributed by atoms with Gasteiger partial charge < -0.3 is 14.8 Å². The van der Waals surface area contributed by atoms with Crippen molar-refractivity contribution in [1.29, 1.82) is 0 Å². The van der Waals surface area contributed by atoms with E-state index in [2.05, 4.69) is 30.6 Å². The SMILES string of the molecule is CC.CCCC(=O)Oc1ccccc1N=Nc1ccc(NC(C)=O)nc1NC(=O)OC. The molecule has 2 amide bonds. The van der Waals surface area contributed by atoms with E-state index >= 15 is 0 Å². The predicted molar refractivity (Wildman–Crippen MR) is 117 cm³/mol. The Hall–Kier alpha value is -3.82. The van der Waals surface area contributed by atoms with E-state index in [4.69, 9.17) is 4.74 Å². The van der Waals surface area contributed by atoms with Crippen molar-refractivity contribution in [3.05, 3.63) is 36.4 Å². The van der Waals surface area contributed by atoms with Crippen LogP contribution in [0.25, 0.3) is 0 Å².